The number of carboxylic acids is 1. The SMILES string of the molecule is COc1ccc(CN2CCC3(CC2)CC(=O)N(CC(C)C)C3)cc1C(=O)O. The summed E-state index contributed by atoms with van der Waals surface area (Å²) in [5, 5.41) is 9.35. The van der Waals surface area contributed by atoms with Gasteiger partial charge in [-0.05, 0) is 55.0 Å². The molecule has 0 aliphatic carbocycles. The average Bonchev–Trinajstić information content (AvgIpc) is 2.91. The third-order valence-corrected chi connectivity index (χ3v) is 5.81. The topological polar surface area (TPSA) is 70.1 Å². The quantitative estimate of drug-likeness (QED) is 0.829. The Morgan fingerprint density at radius 2 is 2.00 bits per heavy atom. The number of piperidine rings is 1. The highest BCUT2D eigenvalue weighted by Gasteiger charge is 2.44. The zero-order chi connectivity index (χ0) is 19.6. The van der Waals surface area contributed by atoms with Crippen molar-refractivity contribution in [3.05, 3.63) is 29.3 Å². The number of carbonyl (C=O) groups excluding carboxylic acids is 1. The van der Waals surface area contributed by atoms with E-state index in [0.717, 1.165) is 51.1 Å². The molecule has 0 bridgehead atoms. The van der Waals surface area contributed by atoms with Crippen molar-refractivity contribution in [2.24, 2.45) is 11.3 Å². The summed E-state index contributed by atoms with van der Waals surface area (Å²) in [6.45, 7) is 8.67. The molecule has 1 spiro atoms. The van der Waals surface area contributed by atoms with Crippen molar-refractivity contribution in [3.63, 3.8) is 0 Å². The van der Waals surface area contributed by atoms with Gasteiger partial charge >= 0.3 is 5.97 Å². The molecule has 6 heteroatoms. The van der Waals surface area contributed by atoms with Gasteiger partial charge in [-0.25, -0.2) is 4.79 Å². The molecule has 27 heavy (non-hydrogen) atoms. The third kappa shape index (κ3) is 4.43. The van der Waals surface area contributed by atoms with Gasteiger partial charge in [0, 0.05) is 26.1 Å². The van der Waals surface area contributed by atoms with Crippen molar-refractivity contribution in [1.29, 1.82) is 0 Å². The highest BCUT2D eigenvalue weighted by Crippen LogP contribution is 2.41. The lowest BCUT2D eigenvalue weighted by Gasteiger charge is -2.39. The van der Waals surface area contributed by atoms with Crippen LogP contribution in [0.1, 0.15) is 49.0 Å². The molecular weight excluding hydrogens is 344 g/mol. The molecule has 0 saturated carbocycles. The maximum Gasteiger partial charge on any atom is 0.339 e. The zero-order valence-electron chi connectivity index (χ0n) is 16.5. The largest absolute Gasteiger partial charge is 0.496 e. The molecule has 2 fully saturated rings. The van der Waals surface area contributed by atoms with E-state index in [9.17, 15) is 14.7 Å². The van der Waals surface area contributed by atoms with Crippen molar-refractivity contribution in [3.8, 4) is 5.75 Å². The molecule has 1 aromatic rings. The van der Waals surface area contributed by atoms with E-state index in [2.05, 4.69) is 18.7 Å². The van der Waals surface area contributed by atoms with Crippen LogP contribution in [0.5, 0.6) is 5.75 Å². The summed E-state index contributed by atoms with van der Waals surface area (Å²) < 4.78 is 5.13. The van der Waals surface area contributed by atoms with E-state index in [1.165, 1.54) is 7.11 Å². The number of carboxylic acid groups (broad SMARTS) is 1. The number of nitrogens with zero attached hydrogens (tertiary/aromatic N) is 2. The molecule has 0 aromatic heterocycles. The fourth-order valence-electron chi connectivity index (χ4n) is 4.39. The first kappa shape index (κ1) is 19.7. The highest BCUT2D eigenvalue weighted by molar-refractivity contribution is 5.91. The van der Waals surface area contributed by atoms with E-state index in [1.54, 1.807) is 12.1 Å². The van der Waals surface area contributed by atoms with Crippen LogP contribution in [0.25, 0.3) is 0 Å². The van der Waals surface area contributed by atoms with Crippen molar-refractivity contribution >= 4 is 11.9 Å². The molecule has 0 radical (unpaired) electrons. The van der Waals surface area contributed by atoms with E-state index < -0.39 is 5.97 Å². The third-order valence-electron chi connectivity index (χ3n) is 5.81. The standard InChI is InChI=1S/C21H30N2O4/c1-15(2)12-23-14-21(11-19(23)24)6-8-22(9-7-21)13-16-4-5-18(27-3)17(10-16)20(25)26/h4-5,10,15H,6-9,11-14H2,1-3H3,(H,25,26). The Hall–Kier alpha value is -2.08. The number of carbonyl (C=O) groups is 2. The number of ether oxygens (including phenoxy) is 1. The van der Waals surface area contributed by atoms with E-state index in [1.807, 2.05) is 11.0 Å². The first-order valence-corrected chi connectivity index (χ1v) is 9.72. The Bertz CT molecular complexity index is 708. The smallest absolute Gasteiger partial charge is 0.339 e. The Morgan fingerprint density at radius 3 is 2.59 bits per heavy atom. The van der Waals surface area contributed by atoms with Gasteiger partial charge < -0.3 is 14.7 Å². The summed E-state index contributed by atoms with van der Waals surface area (Å²) in [5.74, 6) is 0.223. The number of methoxy groups -OCH3 is 1. The van der Waals surface area contributed by atoms with E-state index >= 15 is 0 Å². The Labute approximate surface area is 161 Å². The van der Waals surface area contributed by atoms with Gasteiger partial charge in [0.2, 0.25) is 5.91 Å². The van der Waals surface area contributed by atoms with Crippen LogP contribution in [0.3, 0.4) is 0 Å². The van der Waals surface area contributed by atoms with Crippen LogP contribution in [0.15, 0.2) is 18.2 Å². The molecule has 3 rings (SSSR count). The molecule has 1 amide bonds. The molecule has 6 nitrogen and oxygen atoms in total. The number of aromatic carboxylic acids is 1. The van der Waals surface area contributed by atoms with Crippen LogP contribution in [0.2, 0.25) is 0 Å². The molecule has 1 aromatic carbocycles. The van der Waals surface area contributed by atoms with Crippen LogP contribution in [-0.2, 0) is 11.3 Å². The van der Waals surface area contributed by atoms with Crippen LogP contribution >= 0.6 is 0 Å². The summed E-state index contributed by atoms with van der Waals surface area (Å²) in [7, 11) is 1.48. The Kier molecular flexibility index (Phi) is 5.75. The second-order valence-electron chi connectivity index (χ2n) is 8.46. The van der Waals surface area contributed by atoms with Crippen LogP contribution in [-0.4, -0.2) is 60.1 Å². The van der Waals surface area contributed by atoms with Crippen molar-refractivity contribution in [2.75, 3.05) is 33.3 Å². The first-order valence-electron chi connectivity index (χ1n) is 9.72. The van der Waals surface area contributed by atoms with E-state index in [4.69, 9.17) is 4.74 Å². The summed E-state index contributed by atoms with van der Waals surface area (Å²) in [5.41, 5.74) is 1.32. The molecule has 2 heterocycles. The second kappa shape index (κ2) is 7.89. The fourth-order valence-corrected chi connectivity index (χ4v) is 4.39. The number of amides is 1. The molecule has 2 aliphatic heterocycles. The fraction of sp³-hybridized carbons (Fsp3) is 0.619. The van der Waals surface area contributed by atoms with Gasteiger partial charge in [0.25, 0.3) is 0 Å². The minimum absolute atomic E-state index is 0.134. The number of likely N-dealkylation sites (tertiary alicyclic amines) is 2. The van der Waals surface area contributed by atoms with Gasteiger partial charge in [0.1, 0.15) is 11.3 Å². The van der Waals surface area contributed by atoms with Gasteiger partial charge in [-0.15, -0.1) is 0 Å². The normalized spacial score (nSPS) is 19.9. The van der Waals surface area contributed by atoms with Gasteiger partial charge in [-0.3, -0.25) is 9.69 Å². The van der Waals surface area contributed by atoms with Gasteiger partial charge in [-0.2, -0.15) is 0 Å². The summed E-state index contributed by atoms with van der Waals surface area (Å²) >= 11 is 0. The molecule has 1 N–H and O–H groups in total. The van der Waals surface area contributed by atoms with Gasteiger partial charge in [0.15, 0.2) is 0 Å². The highest BCUT2D eigenvalue weighted by atomic mass is 16.5. The van der Waals surface area contributed by atoms with Gasteiger partial charge in [-0.1, -0.05) is 19.9 Å². The molecule has 0 atom stereocenters. The maximum atomic E-state index is 12.4. The predicted octanol–water partition coefficient (Wildman–Crippen LogP) is 2.86. The molecule has 148 valence electrons. The molecule has 0 unspecified atom stereocenters. The van der Waals surface area contributed by atoms with Crippen molar-refractivity contribution < 1.29 is 19.4 Å². The van der Waals surface area contributed by atoms with Crippen LogP contribution < -0.4 is 4.74 Å². The van der Waals surface area contributed by atoms with Gasteiger partial charge in [0.05, 0.1) is 7.11 Å². The molecular formula is C21H30N2O4. The zero-order valence-corrected chi connectivity index (χ0v) is 16.5. The Morgan fingerprint density at radius 1 is 1.30 bits per heavy atom. The monoisotopic (exact) mass is 374 g/mol. The van der Waals surface area contributed by atoms with E-state index in [-0.39, 0.29) is 11.0 Å². The van der Waals surface area contributed by atoms with Crippen molar-refractivity contribution in [1.82, 2.24) is 9.80 Å². The average molecular weight is 374 g/mol. The van der Waals surface area contributed by atoms with Crippen LogP contribution in [0.4, 0.5) is 0 Å². The molecule has 2 aliphatic rings. The lowest BCUT2D eigenvalue weighted by atomic mass is 9.77. The second-order valence-corrected chi connectivity index (χ2v) is 8.46. The lowest BCUT2D eigenvalue weighted by Crippen LogP contribution is -2.41. The van der Waals surface area contributed by atoms with Crippen LogP contribution in [0, 0.1) is 11.3 Å². The van der Waals surface area contributed by atoms with Crippen molar-refractivity contribution in [2.45, 2.75) is 39.7 Å². The first-order chi connectivity index (χ1) is 12.8. The number of hydrogen-bond donors (Lipinski definition) is 1. The minimum atomic E-state index is -0.971. The number of benzene rings is 1. The lowest BCUT2D eigenvalue weighted by molar-refractivity contribution is -0.128. The Balaban J connectivity index is 1.60. The maximum absolute atomic E-state index is 12.4. The number of hydrogen-bond acceptors (Lipinski definition) is 4. The minimum Gasteiger partial charge on any atom is -0.496 e. The molecule has 2 saturated heterocycles. The summed E-state index contributed by atoms with van der Waals surface area (Å²) in [6, 6.07) is 5.36. The van der Waals surface area contributed by atoms with E-state index in [0.29, 0.717) is 24.0 Å². The summed E-state index contributed by atoms with van der Waals surface area (Å²) in [4.78, 5) is 28.2. The predicted molar refractivity (Wildman–Crippen MR) is 103 cm³/mol. The summed E-state index contributed by atoms with van der Waals surface area (Å²) in [6.07, 6.45) is 2.73. The number of rotatable bonds is 6.